The molecule has 4 aliphatic carbocycles. The third-order valence-corrected chi connectivity index (χ3v) is 9.07. The van der Waals surface area contributed by atoms with Gasteiger partial charge in [-0.25, -0.2) is 14.8 Å². The summed E-state index contributed by atoms with van der Waals surface area (Å²) in [6, 6.07) is 14.5. The SMILES string of the molecule is CC/C(=C\C(=O)O)c1cnc(-c2cc(OC)c(OCc3ccccc3)c(C34CC5CC(CC(C5)C3)C4)c2)nc1. The van der Waals surface area contributed by atoms with E-state index >= 15 is 0 Å². The van der Waals surface area contributed by atoms with Gasteiger partial charge in [-0.1, -0.05) is 37.3 Å². The van der Waals surface area contributed by atoms with Crippen molar-refractivity contribution in [2.75, 3.05) is 7.11 Å². The molecule has 39 heavy (non-hydrogen) atoms. The normalized spacial score (nSPS) is 25.5. The second-order valence-electron chi connectivity index (χ2n) is 11.7. The van der Waals surface area contributed by atoms with Crippen LogP contribution in [0.4, 0.5) is 0 Å². The summed E-state index contributed by atoms with van der Waals surface area (Å²) in [6.07, 6.45) is 13.0. The van der Waals surface area contributed by atoms with Crippen molar-refractivity contribution < 1.29 is 19.4 Å². The van der Waals surface area contributed by atoms with Gasteiger partial charge < -0.3 is 14.6 Å². The van der Waals surface area contributed by atoms with Crippen LogP contribution in [0.1, 0.15) is 68.6 Å². The number of carbonyl (C=O) groups is 1. The Morgan fingerprint density at radius 1 is 1.03 bits per heavy atom. The zero-order chi connectivity index (χ0) is 27.0. The summed E-state index contributed by atoms with van der Waals surface area (Å²) in [5.41, 5.74) is 4.77. The Morgan fingerprint density at radius 2 is 1.67 bits per heavy atom. The number of hydrogen-bond acceptors (Lipinski definition) is 5. The Labute approximate surface area is 230 Å². The van der Waals surface area contributed by atoms with Gasteiger partial charge in [-0.2, -0.15) is 0 Å². The lowest BCUT2D eigenvalue weighted by Crippen LogP contribution is -2.48. The Hall–Kier alpha value is -3.67. The summed E-state index contributed by atoms with van der Waals surface area (Å²) in [7, 11) is 1.70. The van der Waals surface area contributed by atoms with Crippen molar-refractivity contribution in [3.05, 3.63) is 77.6 Å². The van der Waals surface area contributed by atoms with E-state index in [1.807, 2.05) is 31.2 Å². The average Bonchev–Trinajstić information content (AvgIpc) is 2.94. The van der Waals surface area contributed by atoms with Gasteiger partial charge in [-0.3, -0.25) is 0 Å². The molecule has 0 unspecified atom stereocenters. The van der Waals surface area contributed by atoms with Gasteiger partial charge in [0, 0.05) is 35.2 Å². The minimum absolute atomic E-state index is 0.0869. The van der Waals surface area contributed by atoms with Crippen LogP contribution in [0.2, 0.25) is 0 Å². The Morgan fingerprint density at radius 3 is 2.23 bits per heavy atom. The quantitative estimate of drug-likeness (QED) is 0.301. The molecule has 4 fully saturated rings. The van der Waals surface area contributed by atoms with Crippen molar-refractivity contribution in [3.8, 4) is 22.9 Å². The second-order valence-corrected chi connectivity index (χ2v) is 11.7. The lowest BCUT2D eigenvalue weighted by molar-refractivity contribution is -0.131. The molecule has 202 valence electrons. The number of ether oxygens (including phenoxy) is 2. The smallest absolute Gasteiger partial charge is 0.328 e. The van der Waals surface area contributed by atoms with E-state index < -0.39 is 5.97 Å². The minimum Gasteiger partial charge on any atom is -0.493 e. The standard InChI is InChI=1S/C33H36N2O4/c1-3-25(14-30(36)37)27-18-34-32(35-19-27)26-12-28(33-15-22-9-23(16-33)11-24(10-22)17-33)31(29(13-26)38-2)39-20-21-7-5-4-6-8-21/h4-8,12-14,18-19,22-24H,3,9-11,15-17,20H2,1-2H3,(H,36,37)/b25-14+. The van der Waals surface area contributed by atoms with Crippen LogP contribution in [-0.4, -0.2) is 28.2 Å². The van der Waals surface area contributed by atoms with Crippen LogP contribution in [0, 0.1) is 17.8 Å². The van der Waals surface area contributed by atoms with Gasteiger partial charge >= 0.3 is 5.97 Å². The Bertz CT molecular complexity index is 1350. The molecule has 3 aromatic rings. The molecule has 0 radical (unpaired) electrons. The summed E-state index contributed by atoms with van der Waals surface area (Å²) in [5, 5.41) is 9.21. The van der Waals surface area contributed by atoms with Crippen molar-refractivity contribution in [2.24, 2.45) is 17.8 Å². The highest BCUT2D eigenvalue weighted by Gasteiger charge is 2.53. The summed E-state index contributed by atoms with van der Waals surface area (Å²) in [6.45, 7) is 2.41. The summed E-state index contributed by atoms with van der Waals surface area (Å²) in [4.78, 5) is 20.6. The molecule has 4 aliphatic rings. The molecule has 6 heteroatoms. The first-order valence-electron chi connectivity index (χ1n) is 14.1. The first kappa shape index (κ1) is 25.6. The number of rotatable bonds is 9. The van der Waals surface area contributed by atoms with Crippen molar-refractivity contribution >= 4 is 11.5 Å². The monoisotopic (exact) mass is 524 g/mol. The Kier molecular flexibility index (Phi) is 6.88. The fourth-order valence-electron chi connectivity index (χ4n) is 7.78. The number of nitrogens with zero attached hydrogens (tertiary/aromatic N) is 2. The number of hydrogen-bond donors (Lipinski definition) is 1. The highest BCUT2D eigenvalue weighted by Crippen LogP contribution is 2.63. The number of methoxy groups -OCH3 is 1. The summed E-state index contributed by atoms with van der Waals surface area (Å²) >= 11 is 0. The van der Waals surface area contributed by atoms with Crippen LogP contribution >= 0.6 is 0 Å². The van der Waals surface area contributed by atoms with Gasteiger partial charge in [0.15, 0.2) is 17.3 Å². The van der Waals surface area contributed by atoms with Crippen LogP contribution in [0.15, 0.2) is 60.9 Å². The van der Waals surface area contributed by atoms with Gasteiger partial charge in [-0.05, 0) is 91.4 Å². The molecule has 0 saturated heterocycles. The highest BCUT2D eigenvalue weighted by atomic mass is 16.5. The maximum atomic E-state index is 11.2. The molecule has 7 rings (SSSR count). The van der Waals surface area contributed by atoms with E-state index in [0.29, 0.717) is 30.2 Å². The van der Waals surface area contributed by atoms with E-state index in [1.165, 1.54) is 50.2 Å². The van der Waals surface area contributed by atoms with E-state index in [9.17, 15) is 9.90 Å². The maximum absolute atomic E-state index is 11.2. The number of aliphatic carboxylic acids is 1. The Balaban J connectivity index is 1.42. The third kappa shape index (κ3) is 5.05. The zero-order valence-electron chi connectivity index (χ0n) is 22.7. The number of allylic oxidation sites excluding steroid dienone is 1. The van der Waals surface area contributed by atoms with Crippen LogP contribution < -0.4 is 9.47 Å². The van der Waals surface area contributed by atoms with Gasteiger partial charge in [0.05, 0.1) is 7.11 Å². The maximum Gasteiger partial charge on any atom is 0.328 e. The summed E-state index contributed by atoms with van der Waals surface area (Å²) in [5.74, 6) is 3.56. The molecule has 1 N–H and O–H groups in total. The third-order valence-electron chi connectivity index (χ3n) is 9.07. The molecule has 0 aliphatic heterocycles. The molecule has 1 heterocycles. The molecule has 4 saturated carbocycles. The fourth-order valence-corrected chi connectivity index (χ4v) is 7.78. The van der Waals surface area contributed by atoms with Crippen LogP contribution in [0.3, 0.4) is 0 Å². The number of aromatic nitrogens is 2. The predicted molar refractivity (Wildman–Crippen MR) is 151 cm³/mol. The predicted octanol–water partition coefficient (Wildman–Crippen LogP) is 7.08. The van der Waals surface area contributed by atoms with Crippen molar-refractivity contribution in [2.45, 2.75) is 63.9 Å². The zero-order valence-corrected chi connectivity index (χ0v) is 22.7. The molecule has 4 bridgehead atoms. The fraction of sp³-hybridized carbons (Fsp3) is 0.424. The van der Waals surface area contributed by atoms with Crippen LogP contribution in [0.25, 0.3) is 17.0 Å². The molecule has 2 aromatic carbocycles. The van der Waals surface area contributed by atoms with Gasteiger partial charge in [0.25, 0.3) is 0 Å². The van der Waals surface area contributed by atoms with E-state index in [0.717, 1.165) is 40.2 Å². The number of carboxylic acid groups (broad SMARTS) is 1. The largest absolute Gasteiger partial charge is 0.493 e. The lowest BCUT2D eigenvalue weighted by atomic mass is 9.48. The van der Waals surface area contributed by atoms with Gasteiger partial charge in [0.2, 0.25) is 0 Å². The minimum atomic E-state index is -0.966. The molecule has 6 nitrogen and oxygen atoms in total. The van der Waals surface area contributed by atoms with E-state index in [-0.39, 0.29) is 5.41 Å². The lowest BCUT2D eigenvalue weighted by Gasteiger charge is -2.57. The van der Waals surface area contributed by atoms with E-state index in [1.54, 1.807) is 19.5 Å². The van der Waals surface area contributed by atoms with Crippen molar-refractivity contribution in [3.63, 3.8) is 0 Å². The highest BCUT2D eigenvalue weighted by molar-refractivity contribution is 5.89. The van der Waals surface area contributed by atoms with E-state index in [2.05, 4.69) is 28.2 Å². The topological polar surface area (TPSA) is 81.5 Å². The van der Waals surface area contributed by atoms with Crippen LogP contribution in [-0.2, 0) is 16.8 Å². The van der Waals surface area contributed by atoms with Gasteiger partial charge in [-0.15, -0.1) is 0 Å². The average molecular weight is 525 g/mol. The summed E-state index contributed by atoms with van der Waals surface area (Å²) < 4.78 is 12.6. The van der Waals surface area contributed by atoms with Gasteiger partial charge in [0.1, 0.15) is 6.61 Å². The molecular formula is C33H36N2O4. The van der Waals surface area contributed by atoms with E-state index in [4.69, 9.17) is 9.47 Å². The molecule has 0 atom stereocenters. The molecule has 0 spiro atoms. The molecular weight excluding hydrogens is 488 g/mol. The number of benzene rings is 2. The van der Waals surface area contributed by atoms with Crippen molar-refractivity contribution in [1.82, 2.24) is 9.97 Å². The first-order valence-corrected chi connectivity index (χ1v) is 14.1. The molecule has 1 aromatic heterocycles. The number of carboxylic acids is 1. The van der Waals surface area contributed by atoms with Crippen LogP contribution in [0.5, 0.6) is 11.5 Å². The van der Waals surface area contributed by atoms with Crippen molar-refractivity contribution in [1.29, 1.82) is 0 Å². The second kappa shape index (κ2) is 10.5. The molecule has 0 amide bonds. The first-order chi connectivity index (χ1) is 19.0.